The van der Waals surface area contributed by atoms with Crippen molar-refractivity contribution in [2.75, 3.05) is 19.8 Å². The van der Waals surface area contributed by atoms with E-state index >= 15 is 0 Å². The van der Waals surface area contributed by atoms with Gasteiger partial charge in [0.05, 0.1) is 32.0 Å². The number of carbonyl (C=O) groups is 1. The van der Waals surface area contributed by atoms with Gasteiger partial charge in [-0.2, -0.15) is 0 Å². The normalized spacial score (nSPS) is 23.2. The van der Waals surface area contributed by atoms with Crippen molar-refractivity contribution >= 4 is 5.91 Å². The topological polar surface area (TPSA) is 228 Å². The van der Waals surface area contributed by atoms with E-state index in [0.717, 1.165) is 116 Å². The van der Waals surface area contributed by atoms with Crippen LogP contribution in [0.3, 0.4) is 0 Å². The van der Waals surface area contributed by atoms with Gasteiger partial charge in [0.1, 0.15) is 48.8 Å². The lowest BCUT2D eigenvalue weighted by Gasteiger charge is -2.46. The smallest absolute Gasteiger partial charge is 0.220 e. The van der Waals surface area contributed by atoms with Gasteiger partial charge in [-0.05, 0) is 89.9 Å². The highest BCUT2D eigenvalue weighted by atomic mass is 16.7. The van der Waals surface area contributed by atoms with Crippen LogP contribution >= 0.6 is 0 Å². The van der Waals surface area contributed by atoms with E-state index in [1.165, 1.54) is 135 Å². The standard InChI is InChI=1S/C80H137NO13/c1-3-5-7-9-11-13-15-17-19-21-23-24-25-26-27-28-29-30-31-32-33-34-35-36-37-38-39-40-41-42-43-44-46-48-50-52-54-56-58-60-62-64-72(85)81-68(69(84)63-61-59-57-55-53-51-49-47-45-22-20-18-16-14-12-10-8-6-4-2)67-91-79-77(90)75(88)78(71(66-83)93-79)94-80-76(89)74(87)73(86)70(65-82)92-80/h5,7,11,13,17,19,23-24,26-27,29-30,32-33,35-36,38-39,41-42,68-71,73-80,82-84,86-90H,3-4,6,8-10,12,14-16,18,20-22,25,28,31,34,37,40,43-67H2,1-2H3,(H,81,85)/b7-5-,13-11-,19-17-,24-23-,27-26-,30-29-,33-32-,36-35-,39-38-,42-41-. The molecule has 2 fully saturated rings. The third-order valence-electron chi connectivity index (χ3n) is 17.7. The van der Waals surface area contributed by atoms with Crippen LogP contribution in [0.15, 0.2) is 122 Å². The van der Waals surface area contributed by atoms with Gasteiger partial charge in [0, 0.05) is 6.42 Å². The third kappa shape index (κ3) is 45.8. The summed E-state index contributed by atoms with van der Waals surface area (Å²) in [5, 5.41) is 87.7. The lowest BCUT2D eigenvalue weighted by Crippen LogP contribution is -2.65. The molecule has 0 bridgehead atoms. The van der Waals surface area contributed by atoms with Crippen LogP contribution in [0.1, 0.15) is 284 Å². The maximum Gasteiger partial charge on any atom is 0.220 e. The number of ether oxygens (including phenoxy) is 4. The zero-order valence-electron chi connectivity index (χ0n) is 58.9. The molecular formula is C80H137NO13. The van der Waals surface area contributed by atoms with Crippen molar-refractivity contribution in [3.63, 3.8) is 0 Å². The summed E-state index contributed by atoms with van der Waals surface area (Å²) in [6, 6.07) is -0.840. The Labute approximate surface area is 571 Å². The Balaban J connectivity index is 1.61. The van der Waals surface area contributed by atoms with Crippen LogP contribution in [-0.2, 0) is 23.7 Å². The van der Waals surface area contributed by atoms with E-state index in [0.29, 0.717) is 19.3 Å². The van der Waals surface area contributed by atoms with E-state index in [1.807, 2.05) is 0 Å². The first-order valence-electron chi connectivity index (χ1n) is 37.8. The van der Waals surface area contributed by atoms with E-state index in [1.54, 1.807) is 0 Å². The van der Waals surface area contributed by atoms with E-state index in [4.69, 9.17) is 18.9 Å². The fourth-order valence-electron chi connectivity index (χ4n) is 11.7. The number of carbonyl (C=O) groups excluding carboxylic acids is 1. The quantitative estimate of drug-likeness (QED) is 0.0204. The van der Waals surface area contributed by atoms with Gasteiger partial charge in [-0.15, -0.1) is 0 Å². The van der Waals surface area contributed by atoms with E-state index in [9.17, 15) is 45.6 Å². The molecule has 540 valence electrons. The predicted molar refractivity (Wildman–Crippen MR) is 387 cm³/mol. The van der Waals surface area contributed by atoms with E-state index in [-0.39, 0.29) is 12.5 Å². The third-order valence-corrected chi connectivity index (χ3v) is 17.7. The molecule has 2 saturated heterocycles. The molecule has 0 aromatic heterocycles. The highest BCUT2D eigenvalue weighted by Crippen LogP contribution is 2.30. The molecule has 2 rings (SSSR count). The number of rotatable bonds is 61. The molecule has 0 aliphatic carbocycles. The number of aliphatic hydroxyl groups is 8. The summed E-state index contributed by atoms with van der Waals surface area (Å²) in [5.74, 6) is -0.213. The lowest BCUT2D eigenvalue weighted by molar-refractivity contribution is -0.359. The van der Waals surface area contributed by atoms with Gasteiger partial charge in [-0.3, -0.25) is 4.79 Å². The summed E-state index contributed by atoms with van der Waals surface area (Å²) in [5.41, 5.74) is 0. The van der Waals surface area contributed by atoms with Crippen molar-refractivity contribution in [3.05, 3.63) is 122 Å². The molecule has 0 spiro atoms. The summed E-state index contributed by atoms with van der Waals surface area (Å²) in [6.07, 6.45) is 75.0. The summed E-state index contributed by atoms with van der Waals surface area (Å²) < 4.78 is 22.9. The number of unbranched alkanes of at least 4 members (excludes halogenated alkanes) is 28. The average molecular weight is 1320 g/mol. The molecule has 0 aromatic carbocycles. The van der Waals surface area contributed by atoms with Gasteiger partial charge >= 0.3 is 0 Å². The van der Waals surface area contributed by atoms with Gasteiger partial charge in [0.15, 0.2) is 12.6 Å². The van der Waals surface area contributed by atoms with Crippen LogP contribution < -0.4 is 5.32 Å². The van der Waals surface area contributed by atoms with Gasteiger partial charge in [-0.1, -0.05) is 309 Å². The zero-order valence-corrected chi connectivity index (χ0v) is 58.9. The van der Waals surface area contributed by atoms with Crippen LogP contribution in [-0.4, -0.2) is 140 Å². The molecule has 14 heteroatoms. The summed E-state index contributed by atoms with van der Waals surface area (Å²) >= 11 is 0. The molecular weight excluding hydrogens is 1180 g/mol. The SMILES string of the molecule is CC/C=C\C/C=C\C/C=C\C/C=C\C/C=C\C/C=C\C/C=C\C/C=C\C/C=C\C/C=C\CCCCCCCCCCCCC(=O)NC(COC1OC(CO)C(OC2OC(CO)C(O)C(O)C2O)C(O)C1O)C(O)CCCCCCCCCCCCCCCCCCCCC. The number of nitrogens with one attached hydrogen (secondary N) is 1. The van der Waals surface area contributed by atoms with Crippen LogP contribution in [0, 0.1) is 0 Å². The van der Waals surface area contributed by atoms with Crippen molar-refractivity contribution in [3.8, 4) is 0 Å². The van der Waals surface area contributed by atoms with Crippen molar-refractivity contribution in [2.45, 2.75) is 357 Å². The largest absolute Gasteiger partial charge is 0.394 e. The van der Waals surface area contributed by atoms with Crippen LogP contribution in [0.25, 0.3) is 0 Å². The molecule has 94 heavy (non-hydrogen) atoms. The average Bonchev–Trinajstić information content (AvgIpc) is 0.794. The molecule has 1 amide bonds. The van der Waals surface area contributed by atoms with Crippen molar-refractivity contribution < 1.29 is 64.6 Å². The second-order valence-electron chi connectivity index (χ2n) is 26.0. The number of hydrogen-bond donors (Lipinski definition) is 9. The summed E-state index contributed by atoms with van der Waals surface area (Å²) in [4.78, 5) is 13.4. The van der Waals surface area contributed by atoms with Crippen molar-refractivity contribution in [2.24, 2.45) is 0 Å². The van der Waals surface area contributed by atoms with Gasteiger partial charge in [0.2, 0.25) is 5.91 Å². The molecule has 9 N–H and O–H groups in total. The Kier molecular flexibility index (Phi) is 57.8. The lowest BCUT2D eigenvalue weighted by atomic mass is 9.97. The minimum atomic E-state index is -1.79. The van der Waals surface area contributed by atoms with Crippen molar-refractivity contribution in [1.82, 2.24) is 5.32 Å². The first-order chi connectivity index (χ1) is 46.1. The Morgan fingerprint density at radius 2 is 0.734 bits per heavy atom. The molecule has 12 atom stereocenters. The minimum absolute atomic E-state index is 0.213. The van der Waals surface area contributed by atoms with Gasteiger partial charge in [0.25, 0.3) is 0 Å². The molecule has 2 heterocycles. The maximum absolute atomic E-state index is 13.4. The number of amides is 1. The Morgan fingerprint density at radius 1 is 0.394 bits per heavy atom. The van der Waals surface area contributed by atoms with Crippen LogP contribution in [0.5, 0.6) is 0 Å². The summed E-state index contributed by atoms with van der Waals surface area (Å²) in [6.45, 7) is 2.76. The second-order valence-corrected chi connectivity index (χ2v) is 26.0. The van der Waals surface area contributed by atoms with Crippen LogP contribution in [0.4, 0.5) is 0 Å². The fourth-order valence-corrected chi connectivity index (χ4v) is 11.7. The first-order valence-corrected chi connectivity index (χ1v) is 37.8. The highest BCUT2D eigenvalue weighted by molar-refractivity contribution is 5.76. The zero-order chi connectivity index (χ0) is 68.0. The number of hydrogen-bond acceptors (Lipinski definition) is 13. The maximum atomic E-state index is 13.4. The van der Waals surface area contributed by atoms with Crippen LogP contribution in [0.2, 0.25) is 0 Å². The monoisotopic (exact) mass is 1320 g/mol. The Morgan fingerprint density at radius 3 is 1.13 bits per heavy atom. The molecule has 0 radical (unpaired) electrons. The molecule has 12 unspecified atom stereocenters. The fraction of sp³-hybridized carbons (Fsp3) is 0.738. The number of aliphatic hydroxyl groups excluding tert-OH is 8. The van der Waals surface area contributed by atoms with E-state index < -0.39 is 86.8 Å². The Bertz CT molecular complexity index is 2040. The predicted octanol–water partition coefficient (Wildman–Crippen LogP) is 16.5. The summed E-state index contributed by atoms with van der Waals surface area (Å²) in [7, 11) is 0. The second kappa shape index (κ2) is 62.9. The molecule has 14 nitrogen and oxygen atoms in total. The van der Waals surface area contributed by atoms with Crippen molar-refractivity contribution in [1.29, 1.82) is 0 Å². The highest BCUT2D eigenvalue weighted by Gasteiger charge is 2.51. The van der Waals surface area contributed by atoms with Gasteiger partial charge in [-0.25, -0.2) is 0 Å². The number of allylic oxidation sites excluding steroid dienone is 20. The first kappa shape index (κ1) is 86.5. The minimum Gasteiger partial charge on any atom is -0.394 e. The Hall–Kier alpha value is -3.61. The molecule has 2 aliphatic rings. The molecule has 2 aliphatic heterocycles. The molecule has 0 aromatic rings. The van der Waals surface area contributed by atoms with E-state index in [2.05, 4.69) is 141 Å². The van der Waals surface area contributed by atoms with Gasteiger partial charge < -0.3 is 65.1 Å². The molecule has 0 saturated carbocycles.